The van der Waals surface area contributed by atoms with Gasteiger partial charge in [0.1, 0.15) is 24.1 Å². The van der Waals surface area contributed by atoms with Crippen LogP contribution in [0.25, 0.3) is 0 Å². The zero-order chi connectivity index (χ0) is 30.8. The minimum atomic E-state index is -1.03. The zero-order valence-corrected chi connectivity index (χ0v) is 24.5. The normalized spacial score (nSPS) is 11.4. The number of carbonyl (C=O) groups is 3. The molecule has 4 aromatic carbocycles. The highest BCUT2D eigenvalue weighted by Gasteiger charge is 2.23. The molecule has 43 heavy (non-hydrogen) atoms. The average molecular weight is 581 g/mol. The van der Waals surface area contributed by atoms with Crippen LogP contribution in [0.4, 0.5) is 11.4 Å². The Morgan fingerprint density at radius 3 is 2.16 bits per heavy atom. The molecule has 0 saturated heterocycles. The topological polar surface area (TPSA) is 105 Å². The third-order valence-electron chi connectivity index (χ3n) is 6.92. The van der Waals surface area contributed by atoms with E-state index >= 15 is 0 Å². The fraction of sp³-hybridized carbons (Fsp3) is 0.229. The van der Waals surface area contributed by atoms with Crippen molar-refractivity contribution in [2.24, 2.45) is 5.92 Å². The molecule has 8 nitrogen and oxygen atoms in total. The molecule has 0 unspecified atom stereocenters. The van der Waals surface area contributed by atoms with E-state index in [-0.39, 0.29) is 30.6 Å². The summed E-state index contributed by atoms with van der Waals surface area (Å²) >= 11 is 0. The number of nitrogens with one attached hydrogen (secondary N) is 1. The number of methoxy groups -OCH3 is 1. The Balaban J connectivity index is 1.41. The summed E-state index contributed by atoms with van der Waals surface area (Å²) in [5.41, 5.74) is 2.85. The van der Waals surface area contributed by atoms with Crippen LogP contribution in [0.5, 0.6) is 11.5 Å². The number of ether oxygens (including phenoxy) is 2. The van der Waals surface area contributed by atoms with Gasteiger partial charge < -0.3 is 24.8 Å². The fourth-order valence-electron chi connectivity index (χ4n) is 4.67. The first kappa shape index (κ1) is 30.8. The number of para-hydroxylation sites is 3. The van der Waals surface area contributed by atoms with Gasteiger partial charge in [0.05, 0.1) is 19.3 Å². The van der Waals surface area contributed by atoms with E-state index in [1.807, 2.05) is 56.3 Å². The summed E-state index contributed by atoms with van der Waals surface area (Å²) in [6.07, 6.45) is 0.188. The van der Waals surface area contributed by atoms with Gasteiger partial charge in [-0.3, -0.25) is 9.59 Å². The second kappa shape index (κ2) is 14.7. The number of amides is 1. The predicted molar refractivity (Wildman–Crippen MR) is 167 cm³/mol. The molecule has 0 aliphatic heterocycles. The van der Waals surface area contributed by atoms with Crippen molar-refractivity contribution in [3.05, 3.63) is 120 Å². The maximum Gasteiger partial charge on any atom is 0.326 e. The molecule has 0 heterocycles. The van der Waals surface area contributed by atoms with Gasteiger partial charge in [-0.15, -0.1) is 0 Å². The molecule has 4 rings (SSSR count). The summed E-state index contributed by atoms with van der Waals surface area (Å²) in [4.78, 5) is 39.9. The van der Waals surface area contributed by atoms with E-state index < -0.39 is 12.0 Å². The minimum absolute atomic E-state index is 0.0392. The molecule has 2 N–H and O–H groups in total. The fourth-order valence-corrected chi connectivity index (χ4v) is 4.67. The van der Waals surface area contributed by atoms with Crippen molar-refractivity contribution in [1.29, 1.82) is 0 Å². The highest BCUT2D eigenvalue weighted by molar-refractivity contribution is 6.12. The van der Waals surface area contributed by atoms with E-state index in [2.05, 4.69) is 5.32 Å². The van der Waals surface area contributed by atoms with Crippen LogP contribution in [0.2, 0.25) is 0 Å². The van der Waals surface area contributed by atoms with Gasteiger partial charge in [-0.2, -0.15) is 0 Å². The van der Waals surface area contributed by atoms with Crippen molar-refractivity contribution in [3.63, 3.8) is 0 Å². The van der Waals surface area contributed by atoms with E-state index in [4.69, 9.17) is 9.47 Å². The molecule has 0 saturated carbocycles. The molecule has 4 aromatic rings. The molecule has 0 spiro atoms. The van der Waals surface area contributed by atoms with Crippen LogP contribution < -0.4 is 19.7 Å². The summed E-state index contributed by atoms with van der Waals surface area (Å²) in [6.45, 7) is 4.28. The maximum absolute atomic E-state index is 13.1. The van der Waals surface area contributed by atoms with Crippen molar-refractivity contribution in [3.8, 4) is 11.5 Å². The van der Waals surface area contributed by atoms with Gasteiger partial charge in [-0.05, 0) is 42.0 Å². The molecule has 0 aliphatic carbocycles. The number of carbonyl (C=O) groups excluding carboxylic acids is 2. The number of anilines is 2. The number of carboxylic acid groups (broad SMARTS) is 1. The Morgan fingerprint density at radius 2 is 1.49 bits per heavy atom. The molecular weight excluding hydrogens is 544 g/mol. The molecule has 8 heteroatoms. The van der Waals surface area contributed by atoms with Crippen molar-refractivity contribution >= 4 is 29.0 Å². The van der Waals surface area contributed by atoms with E-state index in [1.54, 1.807) is 72.7 Å². The standard InChI is InChI=1S/C35H36N2O6/c1-24(2)34(39)37(31-15-9-10-16-32(31)42-3)21-22-43-27-19-17-25(18-20-27)23-30(35(40)41)36-29-14-8-7-13-28(29)33(38)26-11-5-4-6-12-26/h4-20,24,30,36H,21-23H2,1-3H3,(H,40,41)/t30-/m0/s1. The number of nitrogens with zero attached hydrogens (tertiary/aromatic N) is 1. The van der Waals surface area contributed by atoms with Crippen molar-refractivity contribution in [1.82, 2.24) is 0 Å². The molecule has 222 valence electrons. The highest BCUT2D eigenvalue weighted by atomic mass is 16.5. The Kier molecular flexibility index (Phi) is 10.5. The average Bonchev–Trinajstić information content (AvgIpc) is 3.03. The summed E-state index contributed by atoms with van der Waals surface area (Å²) in [5, 5.41) is 13.0. The summed E-state index contributed by atoms with van der Waals surface area (Å²) in [5.74, 6) is -0.262. The number of carboxylic acids is 1. The van der Waals surface area contributed by atoms with Crippen LogP contribution in [-0.4, -0.2) is 49.1 Å². The second-order valence-electron chi connectivity index (χ2n) is 10.3. The predicted octanol–water partition coefficient (Wildman–Crippen LogP) is 6.10. The number of benzene rings is 4. The van der Waals surface area contributed by atoms with Gasteiger partial charge in [-0.25, -0.2) is 4.79 Å². The van der Waals surface area contributed by atoms with Crippen LogP contribution in [-0.2, 0) is 16.0 Å². The largest absolute Gasteiger partial charge is 0.495 e. The Bertz CT molecular complexity index is 1540. The Hall–Kier alpha value is -5.11. The zero-order valence-electron chi connectivity index (χ0n) is 24.5. The van der Waals surface area contributed by atoms with Gasteiger partial charge in [-0.1, -0.05) is 80.6 Å². The van der Waals surface area contributed by atoms with Crippen LogP contribution >= 0.6 is 0 Å². The quantitative estimate of drug-likeness (QED) is 0.174. The molecular formula is C35H36N2O6. The number of aliphatic carboxylic acids is 1. The highest BCUT2D eigenvalue weighted by Crippen LogP contribution is 2.29. The Labute approximate surface area is 251 Å². The molecule has 0 fully saturated rings. The molecule has 1 atom stereocenters. The van der Waals surface area contributed by atoms with E-state index in [9.17, 15) is 19.5 Å². The van der Waals surface area contributed by atoms with Crippen LogP contribution in [0.1, 0.15) is 35.3 Å². The summed E-state index contributed by atoms with van der Waals surface area (Å²) in [6, 6.07) is 29.4. The molecule has 0 aliphatic rings. The number of hydrogen-bond donors (Lipinski definition) is 2. The van der Waals surface area contributed by atoms with Crippen LogP contribution in [0, 0.1) is 5.92 Å². The first-order valence-electron chi connectivity index (χ1n) is 14.1. The van der Waals surface area contributed by atoms with Crippen molar-refractivity contribution < 1.29 is 29.0 Å². The Morgan fingerprint density at radius 1 is 0.837 bits per heavy atom. The summed E-state index contributed by atoms with van der Waals surface area (Å²) in [7, 11) is 1.57. The van der Waals surface area contributed by atoms with Gasteiger partial charge >= 0.3 is 5.97 Å². The molecule has 0 aromatic heterocycles. The monoisotopic (exact) mass is 580 g/mol. The van der Waals surface area contributed by atoms with Crippen LogP contribution in [0.15, 0.2) is 103 Å². The number of rotatable bonds is 14. The lowest BCUT2D eigenvalue weighted by Gasteiger charge is -2.26. The third-order valence-corrected chi connectivity index (χ3v) is 6.92. The minimum Gasteiger partial charge on any atom is -0.495 e. The van der Waals surface area contributed by atoms with E-state index in [0.717, 1.165) is 5.56 Å². The maximum atomic E-state index is 13.1. The van der Waals surface area contributed by atoms with Gasteiger partial charge in [0.15, 0.2) is 5.78 Å². The summed E-state index contributed by atoms with van der Waals surface area (Å²) < 4.78 is 11.4. The number of hydrogen-bond acceptors (Lipinski definition) is 6. The van der Waals surface area contributed by atoms with Gasteiger partial charge in [0.25, 0.3) is 0 Å². The molecule has 0 bridgehead atoms. The first-order chi connectivity index (χ1) is 20.8. The lowest BCUT2D eigenvalue weighted by Crippen LogP contribution is -2.37. The molecule has 1 amide bonds. The SMILES string of the molecule is COc1ccccc1N(CCOc1ccc(C[C@H](Nc2ccccc2C(=O)c2ccccc2)C(=O)O)cc1)C(=O)C(C)C. The first-order valence-corrected chi connectivity index (χ1v) is 14.1. The second-order valence-corrected chi connectivity index (χ2v) is 10.3. The van der Waals surface area contributed by atoms with Gasteiger partial charge in [0.2, 0.25) is 5.91 Å². The molecule has 0 radical (unpaired) electrons. The van der Waals surface area contributed by atoms with E-state index in [0.29, 0.717) is 40.5 Å². The van der Waals surface area contributed by atoms with Crippen molar-refractivity contribution in [2.45, 2.75) is 26.3 Å². The van der Waals surface area contributed by atoms with Crippen LogP contribution in [0.3, 0.4) is 0 Å². The van der Waals surface area contributed by atoms with Gasteiger partial charge in [0, 0.05) is 29.2 Å². The number of ketones is 1. The smallest absolute Gasteiger partial charge is 0.326 e. The van der Waals surface area contributed by atoms with Crippen molar-refractivity contribution in [2.75, 3.05) is 30.5 Å². The third kappa shape index (κ3) is 8.01. The lowest BCUT2D eigenvalue weighted by atomic mass is 10.00. The van der Waals surface area contributed by atoms with E-state index in [1.165, 1.54) is 0 Å². The lowest BCUT2D eigenvalue weighted by molar-refractivity contribution is -0.137.